The first-order chi connectivity index (χ1) is 7.18. The van der Waals surface area contributed by atoms with E-state index in [0.29, 0.717) is 0 Å². The van der Waals surface area contributed by atoms with Gasteiger partial charge < -0.3 is 16.0 Å². The fourth-order valence-corrected chi connectivity index (χ4v) is 1.87. The molecular weight excluding hydrogens is 190 g/mol. The van der Waals surface area contributed by atoms with Gasteiger partial charge in [-0.15, -0.1) is 0 Å². The van der Waals surface area contributed by atoms with Crippen LogP contribution in [0.2, 0.25) is 0 Å². The normalized spacial score (nSPS) is 17.8. The number of hydrogen-bond donors (Lipinski definition) is 3. The minimum absolute atomic E-state index is 0.0427. The Balaban J connectivity index is 2.02. The molecule has 1 saturated heterocycles. The average molecular weight is 213 g/mol. The molecule has 1 heterocycles. The molecule has 0 saturated carbocycles. The van der Waals surface area contributed by atoms with E-state index in [0.717, 1.165) is 32.0 Å². The lowest BCUT2D eigenvalue weighted by atomic mass is 9.95. The molecule has 2 amide bonds. The van der Waals surface area contributed by atoms with Crippen LogP contribution in [0.3, 0.4) is 0 Å². The highest BCUT2D eigenvalue weighted by atomic mass is 16.2. The maximum Gasteiger partial charge on any atom is 0.314 e. The van der Waals surface area contributed by atoms with Gasteiger partial charge in [-0.3, -0.25) is 0 Å². The van der Waals surface area contributed by atoms with Crippen molar-refractivity contribution in [1.82, 2.24) is 16.0 Å². The van der Waals surface area contributed by atoms with Crippen LogP contribution in [0.25, 0.3) is 0 Å². The van der Waals surface area contributed by atoms with Crippen molar-refractivity contribution in [2.75, 3.05) is 19.6 Å². The van der Waals surface area contributed by atoms with E-state index in [1.165, 1.54) is 12.8 Å². The summed E-state index contributed by atoms with van der Waals surface area (Å²) in [6.07, 6.45) is 3.59. The number of rotatable bonds is 4. The van der Waals surface area contributed by atoms with E-state index >= 15 is 0 Å². The quantitative estimate of drug-likeness (QED) is 0.654. The molecule has 0 aromatic heterocycles. The first-order valence-electron chi connectivity index (χ1n) is 5.93. The van der Waals surface area contributed by atoms with Crippen LogP contribution in [0.15, 0.2) is 0 Å². The smallest absolute Gasteiger partial charge is 0.314 e. The van der Waals surface area contributed by atoms with E-state index in [1.807, 2.05) is 13.8 Å². The first kappa shape index (κ1) is 12.3. The molecule has 0 atom stereocenters. The van der Waals surface area contributed by atoms with E-state index < -0.39 is 0 Å². The maximum atomic E-state index is 11.3. The van der Waals surface area contributed by atoms with Crippen molar-refractivity contribution in [1.29, 1.82) is 0 Å². The zero-order valence-corrected chi connectivity index (χ0v) is 9.81. The number of carbonyl (C=O) groups is 1. The summed E-state index contributed by atoms with van der Waals surface area (Å²) in [5.41, 5.74) is 0. The maximum absolute atomic E-state index is 11.3. The molecule has 1 aliphatic heterocycles. The molecule has 3 N–H and O–H groups in total. The lowest BCUT2D eigenvalue weighted by Crippen LogP contribution is -2.40. The molecule has 1 aliphatic rings. The zero-order chi connectivity index (χ0) is 11.1. The Morgan fingerprint density at radius 3 is 2.67 bits per heavy atom. The standard InChI is InChI=1S/C11H23N3O/c1-9(2)14-11(15)13-8-5-10-3-6-12-7-4-10/h9-10,12H,3-8H2,1-2H3,(H2,13,14,15). The van der Waals surface area contributed by atoms with E-state index in [-0.39, 0.29) is 12.1 Å². The van der Waals surface area contributed by atoms with Crippen LogP contribution in [-0.4, -0.2) is 31.7 Å². The van der Waals surface area contributed by atoms with Crippen molar-refractivity contribution in [2.45, 2.75) is 39.2 Å². The van der Waals surface area contributed by atoms with Gasteiger partial charge in [-0.1, -0.05) is 0 Å². The first-order valence-corrected chi connectivity index (χ1v) is 5.93. The minimum atomic E-state index is -0.0427. The Morgan fingerprint density at radius 1 is 1.40 bits per heavy atom. The average Bonchev–Trinajstić information content (AvgIpc) is 2.18. The molecule has 4 heteroatoms. The molecule has 0 spiro atoms. The van der Waals surface area contributed by atoms with Gasteiger partial charge in [0.15, 0.2) is 0 Å². The summed E-state index contributed by atoms with van der Waals surface area (Å²) >= 11 is 0. The largest absolute Gasteiger partial charge is 0.338 e. The van der Waals surface area contributed by atoms with E-state index in [9.17, 15) is 4.79 Å². The van der Waals surface area contributed by atoms with Gasteiger partial charge in [0.25, 0.3) is 0 Å². The van der Waals surface area contributed by atoms with Crippen LogP contribution >= 0.6 is 0 Å². The Bertz CT molecular complexity index is 188. The van der Waals surface area contributed by atoms with Crippen LogP contribution in [0.4, 0.5) is 4.79 Å². The predicted molar refractivity (Wildman–Crippen MR) is 61.9 cm³/mol. The molecule has 0 aromatic rings. The fraction of sp³-hybridized carbons (Fsp3) is 0.909. The van der Waals surface area contributed by atoms with Crippen molar-refractivity contribution in [2.24, 2.45) is 5.92 Å². The molecule has 0 radical (unpaired) electrons. The lowest BCUT2D eigenvalue weighted by molar-refractivity contribution is 0.237. The number of amides is 2. The number of urea groups is 1. The predicted octanol–water partition coefficient (Wildman–Crippen LogP) is 1.08. The summed E-state index contributed by atoms with van der Waals surface area (Å²) in [5, 5.41) is 9.05. The van der Waals surface area contributed by atoms with Gasteiger partial charge in [0.2, 0.25) is 0 Å². The monoisotopic (exact) mass is 213 g/mol. The molecule has 4 nitrogen and oxygen atoms in total. The van der Waals surface area contributed by atoms with Gasteiger partial charge >= 0.3 is 6.03 Å². The lowest BCUT2D eigenvalue weighted by Gasteiger charge is -2.22. The summed E-state index contributed by atoms with van der Waals surface area (Å²) in [6, 6.07) is 0.169. The number of nitrogens with one attached hydrogen (secondary N) is 3. The minimum Gasteiger partial charge on any atom is -0.338 e. The Morgan fingerprint density at radius 2 is 2.07 bits per heavy atom. The Hall–Kier alpha value is -0.770. The molecule has 0 aromatic carbocycles. The second-order valence-electron chi connectivity index (χ2n) is 4.54. The number of piperidine rings is 1. The van der Waals surface area contributed by atoms with Crippen LogP contribution in [-0.2, 0) is 0 Å². The van der Waals surface area contributed by atoms with Gasteiger partial charge in [-0.2, -0.15) is 0 Å². The van der Waals surface area contributed by atoms with Gasteiger partial charge in [0, 0.05) is 12.6 Å². The van der Waals surface area contributed by atoms with Crippen molar-refractivity contribution >= 4 is 6.03 Å². The van der Waals surface area contributed by atoms with Crippen LogP contribution in [0, 0.1) is 5.92 Å². The van der Waals surface area contributed by atoms with Crippen LogP contribution in [0.1, 0.15) is 33.1 Å². The summed E-state index contributed by atoms with van der Waals surface area (Å²) < 4.78 is 0. The molecule has 1 fully saturated rings. The van der Waals surface area contributed by atoms with Gasteiger partial charge in [0.05, 0.1) is 0 Å². The molecule has 0 unspecified atom stereocenters. The van der Waals surface area contributed by atoms with Crippen molar-refractivity contribution < 1.29 is 4.79 Å². The highest BCUT2D eigenvalue weighted by molar-refractivity contribution is 5.73. The molecule has 1 rings (SSSR count). The molecule has 15 heavy (non-hydrogen) atoms. The highest BCUT2D eigenvalue weighted by Gasteiger charge is 2.12. The van der Waals surface area contributed by atoms with Crippen molar-refractivity contribution in [3.8, 4) is 0 Å². The third kappa shape index (κ3) is 5.62. The third-order valence-corrected chi connectivity index (χ3v) is 2.72. The van der Waals surface area contributed by atoms with E-state index in [4.69, 9.17) is 0 Å². The van der Waals surface area contributed by atoms with Gasteiger partial charge in [0.1, 0.15) is 0 Å². The third-order valence-electron chi connectivity index (χ3n) is 2.72. The SMILES string of the molecule is CC(C)NC(=O)NCCC1CCNCC1. The van der Waals surface area contributed by atoms with Crippen LogP contribution < -0.4 is 16.0 Å². The number of hydrogen-bond acceptors (Lipinski definition) is 2. The second-order valence-corrected chi connectivity index (χ2v) is 4.54. The molecule has 0 aliphatic carbocycles. The topological polar surface area (TPSA) is 53.2 Å². The van der Waals surface area contributed by atoms with Crippen LogP contribution in [0.5, 0.6) is 0 Å². The Kier molecular flexibility index (Phi) is 5.47. The summed E-state index contributed by atoms with van der Waals surface area (Å²) in [5.74, 6) is 0.783. The Labute approximate surface area is 92.2 Å². The highest BCUT2D eigenvalue weighted by Crippen LogP contribution is 2.14. The van der Waals surface area contributed by atoms with Crippen molar-refractivity contribution in [3.05, 3.63) is 0 Å². The number of carbonyl (C=O) groups excluding carboxylic acids is 1. The summed E-state index contributed by atoms with van der Waals surface area (Å²) in [7, 11) is 0. The fourth-order valence-electron chi connectivity index (χ4n) is 1.87. The van der Waals surface area contributed by atoms with Crippen molar-refractivity contribution in [3.63, 3.8) is 0 Å². The second kappa shape index (κ2) is 6.67. The van der Waals surface area contributed by atoms with E-state index in [2.05, 4.69) is 16.0 Å². The molecule has 88 valence electrons. The molecular formula is C11H23N3O. The summed E-state index contributed by atoms with van der Waals surface area (Å²) in [4.78, 5) is 11.3. The summed E-state index contributed by atoms with van der Waals surface area (Å²) in [6.45, 7) is 6.98. The van der Waals surface area contributed by atoms with Gasteiger partial charge in [-0.05, 0) is 52.1 Å². The zero-order valence-electron chi connectivity index (χ0n) is 9.81. The molecule has 0 bridgehead atoms. The van der Waals surface area contributed by atoms with E-state index in [1.54, 1.807) is 0 Å². The van der Waals surface area contributed by atoms with Gasteiger partial charge in [-0.25, -0.2) is 4.79 Å².